The Hall–Kier alpha value is -0.163. The van der Waals surface area contributed by atoms with Gasteiger partial charge in [0.05, 0.1) is 0 Å². The van der Waals surface area contributed by atoms with Crippen LogP contribution < -0.4 is 0 Å². The average Bonchev–Trinajstić information content (AvgIpc) is 2.67. The van der Waals surface area contributed by atoms with E-state index in [2.05, 4.69) is 39.5 Å². The van der Waals surface area contributed by atoms with Crippen LogP contribution in [-0.2, 0) is 13.3 Å². The molecule has 0 N–H and O–H groups in total. The molecule has 0 bridgehead atoms. The van der Waals surface area contributed by atoms with E-state index in [1.807, 2.05) is 0 Å². The Morgan fingerprint density at radius 1 is 0.519 bits per heavy atom. The molecule has 0 amide bonds. The molecule has 0 rings (SSSR count). The van der Waals surface area contributed by atoms with Crippen LogP contribution in [0, 0.1) is 0 Å². The van der Waals surface area contributed by atoms with Crippen molar-refractivity contribution in [2.75, 3.05) is 19.8 Å². The molecule has 0 aliphatic carbocycles. The summed E-state index contributed by atoms with van der Waals surface area (Å²) in [6, 6.07) is 0. The summed E-state index contributed by atoms with van der Waals surface area (Å²) in [4.78, 5) is 0. The largest absolute Gasteiger partial charge is 0.529 e. The zero-order valence-corrected chi connectivity index (χ0v) is 19.9. The first kappa shape index (κ1) is 26.8. The highest BCUT2D eigenvalue weighted by Gasteiger charge is 2.38. The Labute approximate surface area is 171 Å². The van der Waals surface area contributed by atoms with Crippen molar-refractivity contribution in [1.82, 2.24) is 0 Å². The predicted octanol–water partition coefficient (Wildman–Crippen LogP) is 7.61. The molecule has 0 aromatic rings. The molecular weight excluding hydrogens is 352 g/mol. The second-order valence-corrected chi connectivity index (χ2v) is 9.93. The van der Waals surface area contributed by atoms with Crippen molar-refractivity contribution in [3.05, 3.63) is 11.8 Å². The van der Waals surface area contributed by atoms with Gasteiger partial charge in [0.25, 0.3) is 0 Å². The number of hydrogen-bond donors (Lipinski definition) is 0. The lowest BCUT2D eigenvalue weighted by atomic mass is 10.2. The summed E-state index contributed by atoms with van der Waals surface area (Å²) in [5.74, 6) is 0. The molecule has 0 spiro atoms. The third-order valence-electron chi connectivity index (χ3n) is 4.68. The number of rotatable bonds is 21. The summed E-state index contributed by atoms with van der Waals surface area (Å²) in [5, 5.41) is 0. The maximum Gasteiger partial charge on any atom is 0.529 e. The maximum atomic E-state index is 6.34. The first-order chi connectivity index (χ1) is 13.2. The SMILES string of the molecule is CCCC=C[Si](OCCCCCC)(OCCCCCC)OCCCCCC. The molecule has 0 atom stereocenters. The summed E-state index contributed by atoms with van der Waals surface area (Å²) < 4.78 is 19.0. The van der Waals surface area contributed by atoms with Crippen LogP contribution in [-0.4, -0.2) is 28.6 Å². The highest BCUT2D eigenvalue weighted by atomic mass is 28.4. The topological polar surface area (TPSA) is 27.7 Å². The van der Waals surface area contributed by atoms with Crippen LogP contribution in [0.25, 0.3) is 0 Å². The van der Waals surface area contributed by atoms with Crippen molar-refractivity contribution in [3.63, 3.8) is 0 Å². The van der Waals surface area contributed by atoms with E-state index in [0.717, 1.165) is 51.9 Å². The standard InChI is InChI=1S/C23H48O3Si/c1-5-9-13-16-20-24-27(23-19-12-8-4,25-21-17-14-10-6-2)26-22-18-15-11-7-3/h19,23H,5-18,20-22H2,1-4H3. The Morgan fingerprint density at radius 3 is 1.26 bits per heavy atom. The smallest absolute Gasteiger partial charge is 0.370 e. The molecule has 0 aliphatic rings. The lowest BCUT2D eigenvalue weighted by Gasteiger charge is -2.27. The zero-order chi connectivity index (χ0) is 20.1. The van der Waals surface area contributed by atoms with E-state index in [4.69, 9.17) is 13.3 Å². The van der Waals surface area contributed by atoms with E-state index >= 15 is 0 Å². The van der Waals surface area contributed by atoms with Gasteiger partial charge in [0.15, 0.2) is 0 Å². The third-order valence-corrected chi connectivity index (χ3v) is 7.14. The second kappa shape index (κ2) is 20.6. The summed E-state index contributed by atoms with van der Waals surface area (Å²) in [5.41, 5.74) is 2.16. The summed E-state index contributed by atoms with van der Waals surface area (Å²) in [6.45, 7) is 11.2. The van der Waals surface area contributed by atoms with Crippen LogP contribution >= 0.6 is 0 Å². The monoisotopic (exact) mass is 400 g/mol. The summed E-state index contributed by atoms with van der Waals surface area (Å²) in [6.07, 6.45) is 19.0. The summed E-state index contributed by atoms with van der Waals surface area (Å²) >= 11 is 0. The fourth-order valence-corrected chi connectivity index (χ4v) is 5.17. The molecule has 162 valence electrons. The first-order valence-electron chi connectivity index (χ1n) is 11.8. The van der Waals surface area contributed by atoms with Crippen LogP contribution in [0.4, 0.5) is 0 Å². The van der Waals surface area contributed by atoms with Gasteiger partial charge in [-0.2, -0.15) is 0 Å². The lowest BCUT2D eigenvalue weighted by molar-refractivity contribution is 0.0673. The van der Waals surface area contributed by atoms with Crippen LogP contribution in [0.2, 0.25) is 0 Å². The van der Waals surface area contributed by atoms with Gasteiger partial charge in [0, 0.05) is 19.8 Å². The van der Waals surface area contributed by atoms with E-state index in [0.29, 0.717) is 0 Å². The van der Waals surface area contributed by atoms with Gasteiger partial charge in [-0.25, -0.2) is 0 Å². The molecule has 0 aliphatic heterocycles. The average molecular weight is 401 g/mol. The van der Waals surface area contributed by atoms with Crippen molar-refractivity contribution in [3.8, 4) is 0 Å². The molecule has 0 aromatic carbocycles. The molecule has 27 heavy (non-hydrogen) atoms. The van der Waals surface area contributed by atoms with E-state index in [-0.39, 0.29) is 0 Å². The quantitative estimate of drug-likeness (QED) is 0.146. The van der Waals surface area contributed by atoms with Crippen molar-refractivity contribution < 1.29 is 13.3 Å². The minimum atomic E-state index is -2.69. The normalized spacial score (nSPS) is 12.3. The predicted molar refractivity (Wildman–Crippen MR) is 120 cm³/mol. The van der Waals surface area contributed by atoms with Gasteiger partial charge < -0.3 is 13.3 Å². The van der Waals surface area contributed by atoms with Gasteiger partial charge >= 0.3 is 8.80 Å². The van der Waals surface area contributed by atoms with Crippen molar-refractivity contribution >= 4 is 8.80 Å². The Morgan fingerprint density at radius 2 is 0.926 bits per heavy atom. The Bertz CT molecular complexity index is 285. The van der Waals surface area contributed by atoms with Gasteiger partial charge in [0.1, 0.15) is 0 Å². The molecule has 0 saturated carbocycles. The van der Waals surface area contributed by atoms with Crippen molar-refractivity contribution in [1.29, 1.82) is 0 Å². The molecule has 0 aromatic heterocycles. The highest BCUT2D eigenvalue weighted by molar-refractivity contribution is 6.66. The molecule has 4 heteroatoms. The van der Waals surface area contributed by atoms with Crippen molar-refractivity contribution in [2.24, 2.45) is 0 Å². The summed E-state index contributed by atoms with van der Waals surface area (Å²) in [7, 11) is -2.69. The van der Waals surface area contributed by atoms with Crippen LogP contribution in [0.15, 0.2) is 11.8 Å². The minimum Gasteiger partial charge on any atom is -0.370 e. The molecule has 0 fully saturated rings. The van der Waals surface area contributed by atoms with Crippen LogP contribution in [0.5, 0.6) is 0 Å². The second-order valence-electron chi connectivity index (χ2n) is 7.52. The number of unbranched alkanes of at least 4 members (excludes halogenated alkanes) is 10. The zero-order valence-electron chi connectivity index (χ0n) is 18.9. The van der Waals surface area contributed by atoms with E-state index < -0.39 is 8.80 Å². The molecule has 3 nitrogen and oxygen atoms in total. The number of allylic oxidation sites excluding steroid dienone is 1. The molecule has 0 unspecified atom stereocenters. The minimum absolute atomic E-state index is 0.757. The molecule has 0 radical (unpaired) electrons. The van der Waals surface area contributed by atoms with E-state index in [1.165, 1.54) is 57.8 Å². The van der Waals surface area contributed by atoms with E-state index in [9.17, 15) is 0 Å². The fourth-order valence-electron chi connectivity index (χ4n) is 2.89. The maximum absolute atomic E-state index is 6.34. The van der Waals surface area contributed by atoms with Gasteiger partial charge in [-0.3, -0.25) is 0 Å². The third kappa shape index (κ3) is 16.5. The fraction of sp³-hybridized carbons (Fsp3) is 0.913. The molecule has 0 heterocycles. The van der Waals surface area contributed by atoms with Gasteiger partial charge in [-0.1, -0.05) is 98.0 Å². The van der Waals surface area contributed by atoms with Crippen LogP contribution in [0.3, 0.4) is 0 Å². The highest BCUT2D eigenvalue weighted by Crippen LogP contribution is 2.17. The van der Waals surface area contributed by atoms with E-state index in [1.54, 1.807) is 0 Å². The lowest BCUT2D eigenvalue weighted by Crippen LogP contribution is -2.45. The molecular formula is C23H48O3Si. The van der Waals surface area contributed by atoms with Crippen LogP contribution in [0.1, 0.15) is 118 Å². The first-order valence-corrected chi connectivity index (χ1v) is 13.6. The van der Waals surface area contributed by atoms with Crippen molar-refractivity contribution in [2.45, 2.75) is 118 Å². The number of hydrogen-bond acceptors (Lipinski definition) is 3. The van der Waals surface area contributed by atoms with Gasteiger partial charge in [-0.15, -0.1) is 0 Å². The Balaban J connectivity index is 4.71. The Kier molecular flexibility index (Phi) is 20.4. The van der Waals surface area contributed by atoms with Gasteiger partial charge in [0.2, 0.25) is 0 Å². The molecule has 0 saturated heterocycles. The van der Waals surface area contributed by atoms with Gasteiger partial charge in [-0.05, 0) is 31.4 Å².